The number of nitrogens with one attached hydrogen (secondary N) is 2. The number of fused-ring (bicyclic) bond motifs is 1. The second kappa shape index (κ2) is 7.67. The highest BCUT2D eigenvalue weighted by Gasteiger charge is 2.25. The van der Waals surface area contributed by atoms with Crippen LogP contribution in [0.5, 0.6) is 0 Å². The fraction of sp³-hybridized carbons (Fsp3) is 0.667. The third-order valence-corrected chi connectivity index (χ3v) is 4.67. The van der Waals surface area contributed by atoms with E-state index in [0.29, 0.717) is 18.0 Å². The zero-order valence-corrected chi connectivity index (χ0v) is 14.2. The van der Waals surface area contributed by atoms with Crippen molar-refractivity contribution in [3.8, 4) is 0 Å². The summed E-state index contributed by atoms with van der Waals surface area (Å²) in [5.74, 6) is 2.01. The molecule has 0 aliphatic carbocycles. The molecule has 1 aromatic heterocycles. The Hall–Kier alpha value is -1.50. The lowest BCUT2D eigenvalue weighted by atomic mass is 10.0. The van der Waals surface area contributed by atoms with Crippen LogP contribution in [0.25, 0.3) is 0 Å². The molecular weight excluding hydrogens is 300 g/mol. The summed E-state index contributed by atoms with van der Waals surface area (Å²) in [5, 5.41) is 5.45. The number of thioether (sulfide) groups is 1. The van der Waals surface area contributed by atoms with E-state index in [2.05, 4.69) is 22.5 Å². The number of nitrogens with zero attached hydrogens (tertiary/aromatic N) is 2. The highest BCUT2D eigenvalue weighted by atomic mass is 32.2. The molecule has 2 heterocycles. The van der Waals surface area contributed by atoms with Crippen molar-refractivity contribution in [3.63, 3.8) is 0 Å². The van der Waals surface area contributed by atoms with Gasteiger partial charge < -0.3 is 15.2 Å². The van der Waals surface area contributed by atoms with Gasteiger partial charge in [0.2, 0.25) is 5.91 Å². The van der Waals surface area contributed by atoms with Crippen molar-refractivity contribution >= 4 is 23.6 Å². The van der Waals surface area contributed by atoms with Gasteiger partial charge >= 0.3 is 0 Å². The highest BCUT2D eigenvalue weighted by molar-refractivity contribution is 7.98. The molecule has 0 radical (unpaired) electrons. The van der Waals surface area contributed by atoms with E-state index in [1.165, 1.54) is 0 Å². The van der Waals surface area contributed by atoms with Crippen molar-refractivity contribution in [3.05, 3.63) is 17.7 Å². The molecule has 0 bridgehead atoms. The first-order valence-electron chi connectivity index (χ1n) is 7.62. The second-order valence-corrected chi connectivity index (χ2v) is 6.72. The van der Waals surface area contributed by atoms with Gasteiger partial charge in [0.25, 0.3) is 5.91 Å². The minimum absolute atomic E-state index is 0.158. The molecule has 0 saturated heterocycles. The van der Waals surface area contributed by atoms with Crippen molar-refractivity contribution in [2.24, 2.45) is 5.92 Å². The van der Waals surface area contributed by atoms with Crippen LogP contribution in [0.3, 0.4) is 0 Å². The van der Waals surface area contributed by atoms with Gasteiger partial charge in [-0.05, 0) is 30.8 Å². The number of likely N-dealkylation sites (N-methyl/N-ethyl adjacent to an activating group) is 1. The standard InChI is InChI=1S/C15H24N4O2S/c1-10-4-6-19-12(9-17-13(19)8-10)15(21)18-11(5-7-22-3)14(20)16-2/h9-11H,4-8H2,1-3H3,(H,16,20)(H,18,21)/t10?,11-/m0/s1. The van der Waals surface area contributed by atoms with Crippen LogP contribution in [-0.4, -0.2) is 46.5 Å². The molecule has 2 atom stereocenters. The molecule has 2 N–H and O–H groups in total. The molecule has 6 nitrogen and oxygen atoms in total. The van der Waals surface area contributed by atoms with Gasteiger partial charge in [-0.3, -0.25) is 9.59 Å². The third kappa shape index (κ3) is 3.82. The predicted octanol–water partition coefficient (Wildman–Crippen LogP) is 1.06. The molecular formula is C15H24N4O2S. The summed E-state index contributed by atoms with van der Waals surface area (Å²) >= 11 is 1.66. The lowest BCUT2D eigenvalue weighted by molar-refractivity contribution is -0.122. The van der Waals surface area contributed by atoms with E-state index in [0.717, 1.165) is 31.0 Å². The fourth-order valence-electron chi connectivity index (χ4n) is 2.68. The molecule has 0 saturated carbocycles. The molecule has 1 aliphatic heterocycles. The Morgan fingerprint density at radius 1 is 1.55 bits per heavy atom. The summed E-state index contributed by atoms with van der Waals surface area (Å²) in [6.45, 7) is 3.01. The summed E-state index contributed by atoms with van der Waals surface area (Å²) < 4.78 is 1.98. The zero-order valence-electron chi connectivity index (χ0n) is 13.4. The van der Waals surface area contributed by atoms with Gasteiger partial charge in [-0.2, -0.15) is 11.8 Å². The Kier molecular flexibility index (Phi) is 5.88. The van der Waals surface area contributed by atoms with Gasteiger partial charge in [0, 0.05) is 20.0 Å². The van der Waals surface area contributed by atoms with Crippen LogP contribution < -0.4 is 10.6 Å². The van der Waals surface area contributed by atoms with E-state index in [-0.39, 0.29) is 11.8 Å². The van der Waals surface area contributed by atoms with E-state index < -0.39 is 6.04 Å². The van der Waals surface area contributed by atoms with Crippen molar-refractivity contribution in [1.29, 1.82) is 0 Å². The Balaban J connectivity index is 2.09. The number of amides is 2. The summed E-state index contributed by atoms with van der Waals surface area (Å²) in [4.78, 5) is 28.8. The maximum Gasteiger partial charge on any atom is 0.270 e. The van der Waals surface area contributed by atoms with Crippen molar-refractivity contribution < 1.29 is 9.59 Å². The molecule has 2 rings (SSSR count). The Labute approximate surface area is 135 Å². The first kappa shape index (κ1) is 16.9. The van der Waals surface area contributed by atoms with E-state index in [1.807, 2.05) is 10.8 Å². The maximum atomic E-state index is 12.5. The van der Waals surface area contributed by atoms with Crippen molar-refractivity contribution in [2.45, 2.75) is 38.8 Å². The monoisotopic (exact) mass is 324 g/mol. The maximum absolute atomic E-state index is 12.5. The number of aromatic nitrogens is 2. The van der Waals surface area contributed by atoms with Gasteiger partial charge in [-0.15, -0.1) is 0 Å². The summed E-state index contributed by atoms with van der Waals surface area (Å²) in [6, 6.07) is -0.501. The number of carbonyl (C=O) groups is 2. The lowest BCUT2D eigenvalue weighted by Gasteiger charge is -2.22. The minimum atomic E-state index is -0.501. The minimum Gasteiger partial charge on any atom is -0.357 e. The molecule has 122 valence electrons. The molecule has 22 heavy (non-hydrogen) atoms. The number of imidazole rings is 1. The Morgan fingerprint density at radius 2 is 2.32 bits per heavy atom. The molecule has 1 aliphatic rings. The van der Waals surface area contributed by atoms with Crippen molar-refractivity contribution in [2.75, 3.05) is 19.1 Å². The van der Waals surface area contributed by atoms with Gasteiger partial charge in [-0.25, -0.2) is 4.98 Å². The summed E-state index contributed by atoms with van der Waals surface area (Å²) in [6.07, 6.45) is 6.17. The topological polar surface area (TPSA) is 76.0 Å². The Morgan fingerprint density at radius 3 is 3.00 bits per heavy atom. The van der Waals surface area contributed by atoms with Gasteiger partial charge in [-0.1, -0.05) is 6.92 Å². The number of carbonyl (C=O) groups excluding carboxylic acids is 2. The first-order chi connectivity index (χ1) is 10.6. The number of hydrogen-bond donors (Lipinski definition) is 2. The molecule has 0 fully saturated rings. The van der Waals surface area contributed by atoms with Crippen LogP contribution in [0, 0.1) is 5.92 Å². The van der Waals surface area contributed by atoms with Crippen LogP contribution in [0.15, 0.2) is 6.20 Å². The second-order valence-electron chi connectivity index (χ2n) is 5.73. The zero-order chi connectivity index (χ0) is 16.1. The largest absolute Gasteiger partial charge is 0.357 e. The normalized spacial score (nSPS) is 18.4. The number of hydrogen-bond acceptors (Lipinski definition) is 4. The van der Waals surface area contributed by atoms with Gasteiger partial charge in [0.05, 0.1) is 6.20 Å². The van der Waals surface area contributed by atoms with E-state index >= 15 is 0 Å². The predicted molar refractivity (Wildman–Crippen MR) is 88.0 cm³/mol. The SMILES string of the molecule is CNC(=O)[C@H](CCSC)NC(=O)c1cnc2n1CCC(C)C2. The first-order valence-corrected chi connectivity index (χ1v) is 9.02. The third-order valence-electron chi connectivity index (χ3n) is 4.03. The molecule has 7 heteroatoms. The van der Waals surface area contributed by atoms with Crippen LogP contribution in [0.2, 0.25) is 0 Å². The molecule has 1 unspecified atom stereocenters. The fourth-order valence-corrected chi connectivity index (χ4v) is 3.15. The average molecular weight is 324 g/mol. The van der Waals surface area contributed by atoms with Crippen LogP contribution in [0.4, 0.5) is 0 Å². The molecule has 2 amide bonds. The van der Waals surface area contributed by atoms with Crippen molar-refractivity contribution in [1.82, 2.24) is 20.2 Å². The average Bonchev–Trinajstić information content (AvgIpc) is 2.93. The van der Waals surface area contributed by atoms with Crippen LogP contribution in [-0.2, 0) is 17.8 Å². The molecule has 1 aromatic rings. The van der Waals surface area contributed by atoms with Gasteiger partial charge in [0.1, 0.15) is 17.6 Å². The molecule has 0 spiro atoms. The van der Waals surface area contributed by atoms with E-state index in [9.17, 15) is 9.59 Å². The summed E-state index contributed by atoms with van der Waals surface area (Å²) in [5.41, 5.74) is 0.556. The smallest absolute Gasteiger partial charge is 0.270 e. The Bertz CT molecular complexity index is 544. The van der Waals surface area contributed by atoms with Crippen LogP contribution >= 0.6 is 11.8 Å². The lowest BCUT2D eigenvalue weighted by Crippen LogP contribution is -2.46. The highest BCUT2D eigenvalue weighted by Crippen LogP contribution is 2.20. The van der Waals surface area contributed by atoms with E-state index in [4.69, 9.17) is 0 Å². The van der Waals surface area contributed by atoms with Crippen LogP contribution in [0.1, 0.15) is 36.1 Å². The summed E-state index contributed by atoms with van der Waals surface area (Å²) in [7, 11) is 1.59. The van der Waals surface area contributed by atoms with E-state index in [1.54, 1.807) is 25.0 Å². The van der Waals surface area contributed by atoms with Gasteiger partial charge in [0.15, 0.2) is 0 Å². The quantitative estimate of drug-likeness (QED) is 0.820. The number of rotatable bonds is 6. The molecule has 0 aromatic carbocycles.